The predicted molar refractivity (Wildman–Crippen MR) is 148 cm³/mol. The molecule has 0 amide bonds. The van der Waals surface area contributed by atoms with Crippen LogP contribution in [0.15, 0.2) is 54.6 Å². The molecule has 13 nitrogen and oxygen atoms in total. The molecule has 1 N–H and O–H groups in total. The minimum absolute atomic E-state index is 0.0345. The zero-order valence-electron chi connectivity index (χ0n) is 23.3. The highest BCUT2D eigenvalue weighted by Gasteiger charge is 2.26. The summed E-state index contributed by atoms with van der Waals surface area (Å²) in [5.74, 6) is -0.755. The summed E-state index contributed by atoms with van der Waals surface area (Å²) in [7, 11) is 0. The smallest absolute Gasteiger partial charge is 0.475 e. The van der Waals surface area contributed by atoms with Crippen LogP contribution in [0.25, 0.3) is 22.5 Å². The van der Waals surface area contributed by atoms with Gasteiger partial charge in [-0.25, -0.2) is 14.6 Å². The number of carbonyl (C=O) groups is 3. The number of ketones is 1. The van der Waals surface area contributed by atoms with Gasteiger partial charge in [-0.3, -0.25) is 4.79 Å². The largest absolute Gasteiger partial charge is 0.514 e. The van der Waals surface area contributed by atoms with Crippen LogP contribution in [0, 0.1) is 0 Å². The molecule has 4 rings (SSSR count). The Bertz CT molecular complexity index is 1520. The molecule has 218 valence electrons. The molecule has 4 aromatic rings. The Labute approximate surface area is 241 Å². The van der Waals surface area contributed by atoms with Gasteiger partial charge in [-0.15, -0.1) is 10.2 Å². The molecule has 0 spiro atoms. The van der Waals surface area contributed by atoms with Crippen LogP contribution < -0.4 is 14.2 Å². The van der Waals surface area contributed by atoms with Crippen LogP contribution in [0.5, 0.6) is 17.4 Å². The number of hydrogen-bond donors (Lipinski definition) is 1. The molecule has 0 unspecified atom stereocenters. The number of H-pyrrole nitrogens is 1. The molecule has 0 atom stereocenters. The van der Waals surface area contributed by atoms with E-state index in [2.05, 4.69) is 25.6 Å². The summed E-state index contributed by atoms with van der Waals surface area (Å²) in [5, 5.41) is 14.2. The molecule has 2 aromatic carbocycles. The van der Waals surface area contributed by atoms with E-state index in [0.29, 0.717) is 12.2 Å². The van der Waals surface area contributed by atoms with Gasteiger partial charge >= 0.3 is 12.3 Å². The van der Waals surface area contributed by atoms with E-state index in [4.69, 9.17) is 23.7 Å². The molecule has 2 heterocycles. The minimum Gasteiger partial charge on any atom is -0.475 e. The Morgan fingerprint density at radius 2 is 1.50 bits per heavy atom. The molecule has 42 heavy (non-hydrogen) atoms. The number of carbonyl (C=O) groups excluding carboxylic acids is 3. The second-order valence-electron chi connectivity index (χ2n) is 8.60. The first kappa shape index (κ1) is 29.6. The SMILES string of the molecule is CCCCOc1nc(C(=O)c2ccc(-c3ccccc3-c3nn[nH]n3)cc2)c(OC(=O)OCC)cc1OC(=O)OCC. The van der Waals surface area contributed by atoms with Crippen LogP contribution in [-0.4, -0.2) is 63.5 Å². The summed E-state index contributed by atoms with van der Waals surface area (Å²) >= 11 is 0. The number of aromatic nitrogens is 5. The van der Waals surface area contributed by atoms with Crippen LogP contribution in [0.2, 0.25) is 0 Å². The van der Waals surface area contributed by atoms with E-state index in [-0.39, 0.29) is 48.5 Å². The molecular formula is C29H29N5O8. The van der Waals surface area contributed by atoms with E-state index < -0.39 is 18.1 Å². The maximum atomic E-state index is 13.7. The Morgan fingerprint density at radius 3 is 2.12 bits per heavy atom. The van der Waals surface area contributed by atoms with Crippen molar-refractivity contribution in [1.29, 1.82) is 0 Å². The maximum Gasteiger partial charge on any atom is 0.514 e. The zero-order chi connectivity index (χ0) is 29.9. The number of pyridine rings is 1. The van der Waals surface area contributed by atoms with Crippen molar-refractivity contribution in [3.63, 3.8) is 0 Å². The van der Waals surface area contributed by atoms with Gasteiger partial charge in [0.15, 0.2) is 17.2 Å². The van der Waals surface area contributed by atoms with Gasteiger partial charge in [0, 0.05) is 17.2 Å². The van der Waals surface area contributed by atoms with Crippen molar-refractivity contribution in [3.05, 3.63) is 65.9 Å². The molecule has 2 aromatic heterocycles. The van der Waals surface area contributed by atoms with Gasteiger partial charge in [0.05, 0.1) is 19.8 Å². The van der Waals surface area contributed by atoms with E-state index in [1.165, 1.54) is 6.07 Å². The number of nitrogens with one attached hydrogen (secondary N) is 1. The molecule has 0 aliphatic rings. The Balaban J connectivity index is 1.72. The average Bonchev–Trinajstić information content (AvgIpc) is 3.53. The lowest BCUT2D eigenvalue weighted by Crippen LogP contribution is -2.17. The monoisotopic (exact) mass is 575 g/mol. The number of benzene rings is 2. The fourth-order valence-corrected chi connectivity index (χ4v) is 3.81. The highest BCUT2D eigenvalue weighted by atomic mass is 16.7. The summed E-state index contributed by atoms with van der Waals surface area (Å²) in [6, 6.07) is 15.4. The molecule has 0 fully saturated rings. The van der Waals surface area contributed by atoms with Gasteiger partial charge in [-0.2, -0.15) is 5.21 Å². The van der Waals surface area contributed by atoms with Gasteiger partial charge in [-0.05, 0) is 36.6 Å². The van der Waals surface area contributed by atoms with Crippen molar-refractivity contribution in [2.45, 2.75) is 33.6 Å². The third kappa shape index (κ3) is 7.24. The molecule has 0 bridgehead atoms. The topological polar surface area (TPSA) is 165 Å². The van der Waals surface area contributed by atoms with E-state index in [1.807, 2.05) is 31.2 Å². The predicted octanol–water partition coefficient (Wildman–Crippen LogP) is 5.41. The van der Waals surface area contributed by atoms with Crippen LogP contribution >= 0.6 is 0 Å². The van der Waals surface area contributed by atoms with Gasteiger partial charge < -0.3 is 23.7 Å². The number of nitrogens with zero attached hydrogens (tertiary/aromatic N) is 4. The zero-order valence-corrected chi connectivity index (χ0v) is 23.3. The number of hydrogen-bond acceptors (Lipinski definition) is 12. The summed E-state index contributed by atoms with van der Waals surface area (Å²) in [6.07, 6.45) is -0.579. The Hall–Kier alpha value is -5.33. The molecule has 0 saturated heterocycles. The first-order valence-electron chi connectivity index (χ1n) is 13.3. The van der Waals surface area contributed by atoms with E-state index in [1.54, 1.807) is 38.1 Å². The third-order valence-electron chi connectivity index (χ3n) is 5.75. The fourth-order valence-electron chi connectivity index (χ4n) is 3.81. The maximum absolute atomic E-state index is 13.7. The van der Waals surface area contributed by atoms with Gasteiger partial charge in [-0.1, -0.05) is 61.9 Å². The first-order valence-corrected chi connectivity index (χ1v) is 13.3. The van der Waals surface area contributed by atoms with Crippen LogP contribution in [-0.2, 0) is 9.47 Å². The summed E-state index contributed by atoms with van der Waals surface area (Å²) in [6.45, 7) is 5.53. The van der Waals surface area contributed by atoms with Crippen molar-refractivity contribution in [1.82, 2.24) is 25.6 Å². The number of unbranched alkanes of at least 4 members (excludes halogenated alkanes) is 1. The lowest BCUT2D eigenvalue weighted by Gasteiger charge is -2.15. The van der Waals surface area contributed by atoms with Crippen molar-refractivity contribution in [2.24, 2.45) is 0 Å². The highest BCUT2D eigenvalue weighted by Crippen LogP contribution is 2.35. The third-order valence-corrected chi connectivity index (χ3v) is 5.75. The van der Waals surface area contributed by atoms with Crippen molar-refractivity contribution >= 4 is 18.1 Å². The van der Waals surface area contributed by atoms with Crippen molar-refractivity contribution in [2.75, 3.05) is 19.8 Å². The second-order valence-corrected chi connectivity index (χ2v) is 8.60. The fraction of sp³-hybridized carbons (Fsp3) is 0.276. The van der Waals surface area contributed by atoms with E-state index >= 15 is 0 Å². The molecule has 0 saturated carbocycles. The normalized spacial score (nSPS) is 10.5. The van der Waals surface area contributed by atoms with Crippen molar-refractivity contribution in [3.8, 4) is 39.9 Å². The molecule has 13 heteroatoms. The molecule has 0 radical (unpaired) electrons. The molecule has 0 aliphatic heterocycles. The molecule has 0 aliphatic carbocycles. The lowest BCUT2D eigenvalue weighted by atomic mass is 9.97. The summed E-state index contributed by atoms with van der Waals surface area (Å²) in [5.41, 5.74) is 2.38. The number of aromatic amines is 1. The molecular weight excluding hydrogens is 546 g/mol. The second kappa shape index (κ2) is 14.3. The Kier molecular flexibility index (Phi) is 10.1. The van der Waals surface area contributed by atoms with Gasteiger partial charge in [0.25, 0.3) is 5.88 Å². The first-order chi connectivity index (χ1) is 20.4. The van der Waals surface area contributed by atoms with Crippen LogP contribution in [0.3, 0.4) is 0 Å². The quantitative estimate of drug-likeness (QED) is 0.130. The lowest BCUT2D eigenvalue weighted by molar-refractivity contribution is 0.0985. The minimum atomic E-state index is -1.07. The number of rotatable bonds is 12. The van der Waals surface area contributed by atoms with E-state index in [0.717, 1.165) is 23.1 Å². The summed E-state index contributed by atoms with van der Waals surface area (Å²) < 4.78 is 26.0. The van der Waals surface area contributed by atoms with Gasteiger partial charge in [0.1, 0.15) is 0 Å². The standard InChI is InChI=1S/C29H29N5O8/c1-4-7-16-40-27-23(42-29(37)39-6-3)17-22(41-28(36)38-5-2)24(30-27)25(35)19-14-12-18(13-15-19)20-10-8-9-11-21(20)26-31-33-34-32-26/h8-15,17H,4-7,16H2,1-3H3,(H,31,32,33,34). The van der Waals surface area contributed by atoms with Crippen molar-refractivity contribution < 1.29 is 38.1 Å². The summed E-state index contributed by atoms with van der Waals surface area (Å²) in [4.78, 5) is 42.3. The highest BCUT2D eigenvalue weighted by molar-refractivity contribution is 6.10. The van der Waals surface area contributed by atoms with Crippen LogP contribution in [0.1, 0.15) is 49.7 Å². The van der Waals surface area contributed by atoms with E-state index in [9.17, 15) is 14.4 Å². The van der Waals surface area contributed by atoms with Crippen LogP contribution in [0.4, 0.5) is 9.59 Å². The van der Waals surface area contributed by atoms with Gasteiger partial charge in [0.2, 0.25) is 11.6 Å². The Morgan fingerprint density at radius 1 is 0.833 bits per heavy atom. The average molecular weight is 576 g/mol. The number of tetrazole rings is 1. The number of ether oxygens (including phenoxy) is 5.